The highest BCUT2D eigenvalue weighted by atomic mass is 127. The Morgan fingerprint density at radius 2 is 1.78 bits per heavy atom. The molecule has 3 rings (SSSR count). The van der Waals surface area contributed by atoms with Crippen molar-refractivity contribution in [2.24, 2.45) is 23.2 Å². The van der Waals surface area contributed by atoms with Gasteiger partial charge in [0, 0.05) is 30.3 Å². The molecular formula is C23H29IO8. The molecule has 32 heavy (non-hydrogen) atoms. The first-order valence-electron chi connectivity index (χ1n) is 11.0. The zero-order valence-corrected chi connectivity index (χ0v) is 20.7. The summed E-state index contributed by atoms with van der Waals surface area (Å²) in [4.78, 5) is 59.5. The van der Waals surface area contributed by atoms with Gasteiger partial charge in [0.05, 0.1) is 19.4 Å². The van der Waals surface area contributed by atoms with Gasteiger partial charge in [-0.15, -0.1) is 0 Å². The van der Waals surface area contributed by atoms with Crippen molar-refractivity contribution in [3.8, 4) is 0 Å². The van der Waals surface area contributed by atoms with Crippen LogP contribution in [0.15, 0.2) is 11.6 Å². The molecule has 0 aromatic heterocycles. The molecule has 9 heteroatoms. The number of Topliss-reactive ketones (excluding diaryl/α,β-unsaturated/α-hetero) is 1. The number of cyclic esters (lactones) is 1. The van der Waals surface area contributed by atoms with Crippen LogP contribution in [0.1, 0.15) is 59.3 Å². The SMILES string of the molecule is CC(=O)CCC(=O)O[C@@H]1C[C@]2(C)C3COC(=O)C3=CCC2[C@@H](C)[C@H]1OC(=O)CCC(=O)I. The lowest BCUT2D eigenvalue weighted by Crippen LogP contribution is -2.57. The van der Waals surface area contributed by atoms with Crippen LogP contribution in [-0.2, 0) is 38.2 Å². The van der Waals surface area contributed by atoms with E-state index >= 15 is 0 Å². The number of fused-ring (bicyclic) bond motifs is 3. The summed E-state index contributed by atoms with van der Waals surface area (Å²) in [7, 11) is 0. The number of ketones is 1. The lowest BCUT2D eigenvalue weighted by atomic mass is 9.52. The molecule has 2 unspecified atom stereocenters. The summed E-state index contributed by atoms with van der Waals surface area (Å²) in [6.45, 7) is 5.75. The molecule has 0 aromatic rings. The van der Waals surface area contributed by atoms with Crippen molar-refractivity contribution in [3.05, 3.63) is 11.6 Å². The molecule has 0 radical (unpaired) electrons. The summed E-state index contributed by atoms with van der Waals surface area (Å²) in [5.41, 5.74) is 0.302. The first-order chi connectivity index (χ1) is 15.0. The van der Waals surface area contributed by atoms with Crippen LogP contribution in [0.2, 0.25) is 0 Å². The number of esters is 3. The Morgan fingerprint density at radius 1 is 1.12 bits per heavy atom. The standard InChI is InChI=1S/C23H29IO8/c1-12(25)4-8-19(27)31-17-10-23(3)15(6-5-14-16(23)11-30-22(14)29)13(2)21(17)32-20(28)9-7-18(24)26/h5,13,15-17,21H,4,6-11H2,1-3H3/t13-,15?,16?,17-,21-,23+/m1/s1. The third kappa shape index (κ3) is 5.23. The van der Waals surface area contributed by atoms with Gasteiger partial charge in [0.15, 0.2) is 3.79 Å². The second-order valence-electron chi connectivity index (χ2n) is 9.26. The average Bonchev–Trinajstić information content (AvgIpc) is 3.10. The molecule has 6 atom stereocenters. The first kappa shape index (κ1) is 24.9. The second kappa shape index (κ2) is 10.0. The fourth-order valence-corrected chi connectivity index (χ4v) is 5.73. The van der Waals surface area contributed by atoms with Gasteiger partial charge in [0.2, 0.25) is 0 Å². The van der Waals surface area contributed by atoms with Crippen LogP contribution < -0.4 is 0 Å². The zero-order valence-electron chi connectivity index (χ0n) is 18.6. The number of hydrogen-bond donors (Lipinski definition) is 0. The maximum Gasteiger partial charge on any atom is 0.334 e. The molecule has 3 aliphatic rings. The van der Waals surface area contributed by atoms with Crippen LogP contribution in [0.3, 0.4) is 0 Å². The minimum atomic E-state index is -0.708. The minimum absolute atomic E-state index is 0.0348. The van der Waals surface area contributed by atoms with Crippen molar-refractivity contribution in [1.29, 1.82) is 0 Å². The summed E-state index contributed by atoms with van der Waals surface area (Å²) < 4.78 is 16.7. The van der Waals surface area contributed by atoms with E-state index in [4.69, 9.17) is 14.2 Å². The third-order valence-electron chi connectivity index (χ3n) is 7.14. The van der Waals surface area contributed by atoms with Crippen molar-refractivity contribution in [3.63, 3.8) is 0 Å². The number of carbonyl (C=O) groups is 5. The summed E-state index contributed by atoms with van der Waals surface area (Å²) in [5, 5.41) is 0. The first-order valence-corrected chi connectivity index (χ1v) is 12.0. The van der Waals surface area contributed by atoms with Gasteiger partial charge in [-0.2, -0.15) is 0 Å². The maximum absolute atomic E-state index is 12.5. The topological polar surface area (TPSA) is 113 Å². The highest BCUT2D eigenvalue weighted by Crippen LogP contribution is 2.57. The number of hydrogen-bond acceptors (Lipinski definition) is 8. The normalized spacial score (nSPS) is 33.3. The second-order valence-corrected chi connectivity index (χ2v) is 10.5. The Hall–Kier alpha value is -1.78. The van der Waals surface area contributed by atoms with Crippen molar-refractivity contribution >= 4 is 50.1 Å². The molecular weight excluding hydrogens is 531 g/mol. The van der Waals surface area contributed by atoms with Crippen molar-refractivity contribution in [2.45, 2.75) is 71.5 Å². The average molecular weight is 560 g/mol. The Bertz CT molecular complexity index is 849. The van der Waals surface area contributed by atoms with Crippen LogP contribution >= 0.6 is 22.6 Å². The third-order valence-corrected chi connectivity index (χ3v) is 7.68. The van der Waals surface area contributed by atoms with Gasteiger partial charge >= 0.3 is 17.9 Å². The molecule has 8 nitrogen and oxygen atoms in total. The lowest BCUT2D eigenvalue weighted by molar-refractivity contribution is -0.195. The Morgan fingerprint density at radius 3 is 2.44 bits per heavy atom. The summed E-state index contributed by atoms with van der Waals surface area (Å²) in [5.74, 6) is -1.59. The van der Waals surface area contributed by atoms with Gasteiger partial charge in [-0.3, -0.25) is 14.4 Å². The van der Waals surface area contributed by atoms with E-state index in [-0.39, 0.29) is 71.0 Å². The van der Waals surface area contributed by atoms with E-state index in [1.54, 1.807) is 22.6 Å². The minimum Gasteiger partial charge on any atom is -0.462 e. The Balaban J connectivity index is 1.83. The van der Waals surface area contributed by atoms with E-state index < -0.39 is 24.1 Å². The highest BCUT2D eigenvalue weighted by Gasteiger charge is 2.59. The molecule has 0 N–H and O–H groups in total. The van der Waals surface area contributed by atoms with E-state index in [2.05, 4.69) is 6.92 Å². The Labute approximate surface area is 200 Å². The smallest absolute Gasteiger partial charge is 0.334 e. The number of carbonyl (C=O) groups excluding carboxylic acids is 5. The quantitative estimate of drug-likeness (QED) is 0.193. The molecule has 0 aromatic carbocycles. The zero-order chi connectivity index (χ0) is 23.6. The van der Waals surface area contributed by atoms with E-state index in [9.17, 15) is 24.0 Å². The van der Waals surface area contributed by atoms with Crippen molar-refractivity contribution < 1.29 is 38.2 Å². The van der Waals surface area contributed by atoms with Crippen molar-refractivity contribution in [1.82, 2.24) is 0 Å². The van der Waals surface area contributed by atoms with Gasteiger partial charge < -0.3 is 19.0 Å². The summed E-state index contributed by atoms with van der Waals surface area (Å²) >= 11 is 1.64. The monoisotopic (exact) mass is 560 g/mol. The molecule has 0 bridgehead atoms. The molecule has 0 spiro atoms. The maximum atomic E-state index is 12.5. The van der Waals surface area contributed by atoms with Gasteiger partial charge in [0.25, 0.3) is 0 Å². The molecule has 1 aliphatic heterocycles. The fourth-order valence-electron chi connectivity index (χ4n) is 5.46. The molecule has 176 valence electrons. The highest BCUT2D eigenvalue weighted by molar-refractivity contribution is 14.1. The molecule has 1 saturated carbocycles. The van der Waals surface area contributed by atoms with E-state index in [0.717, 1.165) is 0 Å². The number of ether oxygens (including phenoxy) is 3. The van der Waals surface area contributed by atoms with Crippen LogP contribution in [0.4, 0.5) is 0 Å². The summed E-state index contributed by atoms with van der Waals surface area (Å²) in [6, 6.07) is 0. The molecule has 1 heterocycles. The van der Waals surface area contributed by atoms with Crippen LogP contribution in [0.25, 0.3) is 0 Å². The van der Waals surface area contributed by atoms with Crippen LogP contribution in [0.5, 0.6) is 0 Å². The molecule has 2 aliphatic carbocycles. The fraction of sp³-hybridized carbons (Fsp3) is 0.696. The Kier molecular flexibility index (Phi) is 7.77. The molecule has 1 saturated heterocycles. The number of halogens is 1. The van der Waals surface area contributed by atoms with Crippen LogP contribution in [-0.4, -0.2) is 46.3 Å². The molecule has 0 amide bonds. The van der Waals surface area contributed by atoms with Crippen LogP contribution in [0, 0.1) is 23.2 Å². The van der Waals surface area contributed by atoms with E-state index in [0.29, 0.717) is 18.4 Å². The predicted molar refractivity (Wildman–Crippen MR) is 120 cm³/mol. The largest absolute Gasteiger partial charge is 0.462 e. The lowest BCUT2D eigenvalue weighted by Gasteiger charge is -2.54. The van der Waals surface area contributed by atoms with Crippen molar-refractivity contribution in [2.75, 3.05) is 6.61 Å². The van der Waals surface area contributed by atoms with Gasteiger partial charge in [0.1, 0.15) is 18.0 Å². The predicted octanol–water partition coefficient (Wildman–Crippen LogP) is 3.09. The van der Waals surface area contributed by atoms with Gasteiger partial charge in [-0.1, -0.05) is 19.9 Å². The number of rotatable bonds is 8. The van der Waals surface area contributed by atoms with Gasteiger partial charge in [-0.25, -0.2) is 4.79 Å². The number of allylic oxidation sites excluding steroid dienone is 1. The summed E-state index contributed by atoms with van der Waals surface area (Å²) in [6.07, 6.45) is 1.70. The molecule has 2 fully saturated rings. The van der Waals surface area contributed by atoms with Gasteiger partial charge in [-0.05, 0) is 53.7 Å². The van der Waals surface area contributed by atoms with E-state index in [1.165, 1.54) is 6.92 Å². The van der Waals surface area contributed by atoms with E-state index in [1.807, 2.05) is 13.0 Å².